The van der Waals surface area contributed by atoms with E-state index in [-0.39, 0.29) is 0 Å². The Balaban J connectivity index is 1.77. The summed E-state index contributed by atoms with van der Waals surface area (Å²) < 4.78 is 5.99. The lowest BCUT2D eigenvalue weighted by Gasteiger charge is -2.19. The average molecular weight is 211 g/mol. The van der Waals surface area contributed by atoms with Gasteiger partial charge in [-0.25, -0.2) is 0 Å². The molecule has 1 saturated heterocycles. The molecule has 15 heavy (non-hydrogen) atoms. The molecule has 3 unspecified atom stereocenters. The highest BCUT2D eigenvalue weighted by molar-refractivity contribution is 4.79. The average Bonchev–Trinajstić information content (AvgIpc) is 2.68. The second kappa shape index (κ2) is 5.31. The predicted octanol–water partition coefficient (Wildman–Crippen LogP) is 2.58. The Morgan fingerprint density at radius 1 is 1.20 bits per heavy atom. The van der Waals surface area contributed by atoms with Gasteiger partial charge in [-0.2, -0.15) is 0 Å². The quantitative estimate of drug-likeness (QED) is 0.758. The molecule has 2 nitrogen and oxygen atoms in total. The van der Waals surface area contributed by atoms with E-state index in [1.54, 1.807) is 0 Å². The van der Waals surface area contributed by atoms with Crippen LogP contribution < -0.4 is 5.32 Å². The molecule has 1 N–H and O–H groups in total. The predicted molar refractivity (Wildman–Crippen MR) is 62.9 cm³/mol. The number of hydrogen-bond donors (Lipinski definition) is 1. The molecule has 0 aromatic rings. The van der Waals surface area contributed by atoms with E-state index in [2.05, 4.69) is 19.2 Å². The van der Waals surface area contributed by atoms with Gasteiger partial charge in [-0.15, -0.1) is 0 Å². The summed E-state index contributed by atoms with van der Waals surface area (Å²) >= 11 is 0. The monoisotopic (exact) mass is 211 g/mol. The first-order chi connectivity index (χ1) is 7.25. The lowest BCUT2D eigenvalue weighted by molar-refractivity contribution is 0.0351. The zero-order chi connectivity index (χ0) is 10.7. The van der Waals surface area contributed by atoms with Crippen LogP contribution in [0.2, 0.25) is 0 Å². The summed E-state index contributed by atoms with van der Waals surface area (Å²) in [4.78, 5) is 0. The first kappa shape index (κ1) is 11.4. The van der Waals surface area contributed by atoms with Crippen LogP contribution in [-0.2, 0) is 4.74 Å². The van der Waals surface area contributed by atoms with Crippen LogP contribution in [0.25, 0.3) is 0 Å². The molecule has 1 aliphatic heterocycles. The second-order valence-corrected chi connectivity index (χ2v) is 5.52. The Hall–Kier alpha value is -0.0800. The molecular formula is C13H25NO. The molecule has 1 aliphatic carbocycles. The molecular weight excluding hydrogens is 186 g/mol. The summed E-state index contributed by atoms with van der Waals surface area (Å²) in [5.74, 6) is 1.60. The lowest BCUT2D eigenvalue weighted by atomic mass is 10.00. The maximum atomic E-state index is 5.99. The standard InChI is InChI=1S/C13H25NO/c1-10-9-15-13(8-14-11(10)2)7-12-5-3-4-6-12/h10-14H,3-9H2,1-2H3. The maximum absolute atomic E-state index is 5.99. The highest BCUT2D eigenvalue weighted by Crippen LogP contribution is 2.29. The molecule has 0 bridgehead atoms. The topological polar surface area (TPSA) is 21.3 Å². The largest absolute Gasteiger partial charge is 0.377 e. The van der Waals surface area contributed by atoms with Crippen molar-refractivity contribution in [1.82, 2.24) is 5.32 Å². The van der Waals surface area contributed by atoms with E-state index in [4.69, 9.17) is 4.74 Å². The highest BCUT2D eigenvalue weighted by Gasteiger charge is 2.25. The summed E-state index contributed by atoms with van der Waals surface area (Å²) in [6.45, 7) is 6.54. The number of rotatable bonds is 2. The van der Waals surface area contributed by atoms with Crippen LogP contribution in [0.15, 0.2) is 0 Å². The zero-order valence-electron chi connectivity index (χ0n) is 10.2. The van der Waals surface area contributed by atoms with Gasteiger partial charge in [0.05, 0.1) is 12.7 Å². The van der Waals surface area contributed by atoms with Crippen molar-refractivity contribution in [3.63, 3.8) is 0 Å². The van der Waals surface area contributed by atoms with Gasteiger partial charge < -0.3 is 10.1 Å². The zero-order valence-corrected chi connectivity index (χ0v) is 10.2. The number of nitrogens with one attached hydrogen (secondary N) is 1. The third-order valence-electron chi connectivity index (χ3n) is 4.19. The second-order valence-electron chi connectivity index (χ2n) is 5.52. The van der Waals surface area contributed by atoms with Crippen LogP contribution in [-0.4, -0.2) is 25.3 Å². The molecule has 1 saturated carbocycles. The fourth-order valence-electron chi connectivity index (χ4n) is 2.78. The molecule has 0 spiro atoms. The Labute approximate surface area is 93.8 Å². The van der Waals surface area contributed by atoms with E-state index in [1.807, 2.05) is 0 Å². The van der Waals surface area contributed by atoms with Gasteiger partial charge in [0.2, 0.25) is 0 Å². The molecule has 0 amide bonds. The van der Waals surface area contributed by atoms with Crippen molar-refractivity contribution in [1.29, 1.82) is 0 Å². The van der Waals surface area contributed by atoms with Crippen molar-refractivity contribution >= 4 is 0 Å². The fourth-order valence-corrected chi connectivity index (χ4v) is 2.78. The van der Waals surface area contributed by atoms with Gasteiger partial charge in [-0.1, -0.05) is 32.6 Å². The van der Waals surface area contributed by atoms with Crippen LogP contribution in [0.3, 0.4) is 0 Å². The van der Waals surface area contributed by atoms with Gasteiger partial charge in [0.15, 0.2) is 0 Å². The summed E-state index contributed by atoms with van der Waals surface area (Å²) in [5, 5.41) is 3.59. The van der Waals surface area contributed by atoms with Crippen LogP contribution in [0.4, 0.5) is 0 Å². The van der Waals surface area contributed by atoms with Gasteiger partial charge in [0.25, 0.3) is 0 Å². The number of hydrogen-bond acceptors (Lipinski definition) is 2. The minimum atomic E-state index is 0.473. The summed E-state index contributed by atoms with van der Waals surface area (Å²) in [5.41, 5.74) is 0. The van der Waals surface area contributed by atoms with Gasteiger partial charge in [-0.3, -0.25) is 0 Å². The van der Waals surface area contributed by atoms with Gasteiger partial charge in [0, 0.05) is 12.6 Å². The van der Waals surface area contributed by atoms with Crippen molar-refractivity contribution < 1.29 is 4.74 Å². The fraction of sp³-hybridized carbons (Fsp3) is 1.00. The van der Waals surface area contributed by atoms with Crippen LogP contribution in [0.5, 0.6) is 0 Å². The van der Waals surface area contributed by atoms with Gasteiger partial charge in [-0.05, 0) is 25.2 Å². The first-order valence-corrected chi connectivity index (χ1v) is 6.60. The molecule has 2 rings (SSSR count). The molecule has 2 fully saturated rings. The third-order valence-corrected chi connectivity index (χ3v) is 4.19. The van der Waals surface area contributed by atoms with Crippen molar-refractivity contribution in [2.24, 2.45) is 11.8 Å². The van der Waals surface area contributed by atoms with Crippen molar-refractivity contribution in [3.8, 4) is 0 Å². The van der Waals surface area contributed by atoms with Crippen molar-refractivity contribution in [2.75, 3.05) is 13.2 Å². The van der Waals surface area contributed by atoms with E-state index in [0.29, 0.717) is 18.1 Å². The Morgan fingerprint density at radius 2 is 1.93 bits per heavy atom. The Kier molecular flexibility index (Phi) is 4.04. The number of ether oxygens (including phenoxy) is 1. The van der Waals surface area contributed by atoms with E-state index in [1.165, 1.54) is 32.1 Å². The molecule has 3 atom stereocenters. The Bertz CT molecular complexity index is 177. The summed E-state index contributed by atoms with van der Waals surface area (Å²) in [6, 6.07) is 0.610. The normalized spacial score (nSPS) is 39.2. The minimum Gasteiger partial charge on any atom is -0.377 e. The van der Waals surface area contributed by atoms with Gasteiger partial charge in [0.1, 0.15) is 0 Å². The molecule has 88 valence electrons. The van der Waals surface area contributed by atoms with E-state index in [0.717, 1.165) is 19.1 Å². The highest BCUT2D eigenvalue weighted by atomic mass is 16.5. The van der Waals surface area contributed by atoms with Crippen molar-refractivity contribution in [3.05, 3.63) is 0 Å². The molecule has 2 aliphatic rings. The van der Waals surface area contributed by atoms with Crippen LogP contribution in [0, 0.1) is 11.8 Å². The molecule has 1 heterocycles. The first-order valence-electron chi connectivity index (χ1n) is 6.60. The Morgan fingerprint density at radius 3 is 2.67 bits per heavy atom. The molecule has 0 radical (unpaired) electrons. The van der Waals surface area contributed by atoms with Gasteiger partial charge >= 0.3 is 0 Å². The smallest absolute Gasteiger partial charge is 0.0702 e. The summed E-state index contributed by atoms with van der Waals surface area (Å²) in [7, 11) is 0. The molecule has 0 aromatic heterocycles. The van der Waals surface area contributed by atoms with E-state index in [9.17, 15) is 0 Å². The maximum Gasteiger partial charge on any atom is 0.0702 e. The molecule has 0 aromatic carbocycles. The lowest BCUT2D eigenvalue weighted by Crippen LogP contribution is -2.34. The summed E-state index contributed by atoms with van der Waals surface area (Å²) in [6.07, 6.45) is 7.51. The van der Waals surface area contributed by atoms with Crippen LogP contribution in [0.1, 0.15) is 46.0 Å². The SMILES string of the molecule is CC1COC(CC2CCCC2)CNC1C. The minimum absolute atomic E-state index is 0.473. The molecule has 2 heteroatoms. The van der Waals surface area contributed by atoms with E-state index >= 15 is 0 Å². The third kappa shape index (κ3) is 3.18. The van der Waals surface area contributed by atoms with E-state index < -0.39 is 0 Å². The van der Waals surface area contributed by atoms with Crippen molar-refractivity contribution in [2.45, 2.75) is 58.1 Å². The van der Waals surface area contributed by atoms with Crippen LogP contribution >= 0.6 is 0 Å².